The summed E-state index contributed by atoms with van der Waals surface area (Å²) in [7, 11) is 1.38. The molecular weight excluding hydrogens is 253 g/mol. The molecule has 104 valence electrons. The molecule has 0 unspecified atom stereocenters. The lowest BCUT2D eigenvalue weighted by Crippen LogP contribution is -2.48. The van der Waals surface area contributed by atoms with E-state index in [-0.39, 0.29) is 0 Å². The number of halogens is 3. The van der Waals surface area contributed by atoms with Gasteiger partial charge in [-0.05, 0) is 18.8 Å². The number of carboxylic acid groups (broad SMARTS) is 1. The van der Waals surface area contributed by atoms with Crippen molar-refractivity contribution in [3.8, 4) is 0 Å². The summed E-state index contributed by atoms with van der Waals surface area (Å²) in [5.41, 5.74) is 0. The highest BCUT2D eigenvalue weighted by molar-refractivity contribution is 5.80. The van der Waals surface area contributed by atoms with Crippen LogP contribution in [0.2, 0.25) is 0 Å². The maximum Gasteiger partial charge on any atom is 0.406 e. The van der Waals surface area contributed by atoms with Gasteiger partial charge in [0.05, 0.1) is 0 Å². The minimum Gasteiger partial charge on any atom is -0.480 e. The fourth-order valence-corrected chi connectivity index (χ4v) is 1.58. The molecule has 18 heavy (non-hydrogen) atoms. The number of urea groups is 1. The van der Waals surface area contributed by atoms with Gasteiger partial charge in [-0.25, -0.2) is 4.79 Å². The van der Waals surface area contributed by atoms with Gasteiger partial charge in [-0.3, -0.25) is 4.79 Å². The zero-order chi connectivity index (χ0) is 13.9. The molecule has 1 N–H and O–H groups in total. The molecule has 1 fully saturated rings. The SMILES string of the molecule is CN(CC1CC1)C(=O)N(CC(=O)O)CC(F)(F)F. The van der Waals surface area contributed by atoms with E-state index >= 15 is 0 Å². The minimum absolute atomic E-state index is 0.296. The van der Waals surface area contributed by atoms with Crippen LogP contribution < -0.4 is 0 Å². The number of carbonyl (C=O) groups excluding carboxylic acids is 1. The third-order valence-corrected chi connectivity index (χ3v) is 2.52. The normalized spacial score (nSPS) is 15.3. The molecule has 1 rings (SSSR count). The summed E-state index contributed by atoms with van der Waals surface area (Å²) >= 11 is 0. The molecule has 1 aliphatic rings. The molecule has 8 heteroatoms. The lowest BCUT2D eigenvalue weighted by molar-refractivity contribution is -0.149. The first-order valence-electron chi connectivity index (χ1n) is 5.47. The lowest BCUT2D eigenvalue weighted by Gasteiger charge is -2.27. The first kappa shape index (κ1) is 14.6. The predicted octanol–water partition coefficient (Wildman–Crippen LogP) is 1.40. The second-order valence-corrected chi connectivity index (χ2v) is 4.47. The molecule has 0 heterocycles. The Morgan fingerprint density at radius 3 is 2.28 bits per heavy atom. The molecule has 1 saturated carbocycles. The summed E-state index contributed by atoms with van der Waals surface area (Å²) in [6.45, 7) is -2.13. The van der Waals surface area contributed by atoms with E-state index in [0.717, 1.165) is 17.7 Å². The molecule has 0 spiro atoms. The van der Waals surface area contributed by atoms with Crippen LogP contribution in [0.25, 0.3) is 0 Å². The van der Waals surface area contributed by atoms with E-state index in [1.54, 1.807) is 0 Å². The molecule has 0 aromatic rings. The van der Waals surface area contributed by atoms with Crippen LogP contribution in [0.3, 0.4) is 0 Å². The standard InChI is InChI=1S/C10H15F3N2O3/c1-14(4-7-2-3-7)9(18)15(5-8(16)17)6-10(11,12)13/h7H,2-6H2,1H3,(H,16,17). The van der Waals surface area contributed by atoms with Crippen LogP contribution >= 0.6 is 0 Å². The molecular formula is C10H15F3N2O3. The van der Waals surface area contributed by atoms with Gasteiger partial charge in [-0.1, -0.05) is 0 Å². The van der Waals surface area contributed by atoms with E-state index in [2.05, 4.69) is 0 Å². The highest BCUT2D eigenvalue weighted by Gasteiger charge is 2.36. The zero-order valence-corrected chi connectivity index (χ0v) is 9.90. The molecule has 2 amide bonds. The summed E-state index contributed by atoms with van der Waals surface area (Å²) in [5.74, 6) is -1.14. The van der Waals surface area contributed by atoms with Crippen molar-refractivity contribution >= 4 is 12.0 Å². The number of nitrogens with zero attached hydrogens (tertiary/aromatic N) is 2. The smallest absolute Gasteiger partial charge is 0.406 e. The number of hydrogen-bond acceptors (Lipinski definition) is 2. The van der Waals surface area contributed by atoms with Gasteiger partial charge in [0, 0.05) is 13.6 Å². The average molecular weight is 268 g/mol. The number of carboxylic acids is 1. The van der Waals surface area contributed by atoms with Crippen molar-refractivity contribution in [3.63, 3.8) is 0 Å². The quantitative estimate of drug-likeness (QED) is 0.819. The van der Waals surface area contributed by atoms with Crippen LogP contribution in [0, 0.1) is 5.92 Å². The van der Waals surface area contributed by atoms with Crippen molar-refractivity contribution < 1.29 is 27.9 Å². The fourth-order valence-electron chi connectivity index (χ4n) is 1.58. The van der Waals surface area contributed by atoms with Gasteiger partial charge in [0.25, 0.3) is 0 Å². The summed E-state index contributed by atoms with van der Waals surface area (Å²) < 4.78 is 36.7. The van der Waals surface area contributed by atoms with Crippen molar-refractivity contribution in [2.24, 2.45) is 5.92 Å². The van der Waals surface area contributed by atoms with Gasteiger partial charge in [-0.15, -0.1) is 0 Å². The predicted molar refractivity (Wildman–Crippen MR) is 56.0 cm³/mol. The van der Waals surface area contributed by atoms with Crippen LogP contribution in [0.5, 0.6) is 0 Å². The Morgan fingerprint density at radius 2 is 1.89 bits per heavy atom. The number of aliphatic carboxylic acids is 1. The number of amides is 2. The van der Waals surface area contributed by atoms with Gasteiger partial charge in [-0.2, -0.15) is 13.2 Å². The third kappa shape index (κ3) is 5.24. The zero-order valence-electron chi connectivity index (χ0n) is 9.90. The first-order valence-corrected chi connectivity index (χ1v) is 5.47. The first-order chi connectivity index (χ1) is 8.19. The molecule has 0 aromatic carbocycles. The van der Waals surface area contributed by atoms with Crippen LogP contribution in [0.1, 0.15) is 12.8 Å². The maximum absolute atomic E-state index is 12.2. The third-order valence-electron chi connectivity index (χ3n) is 2.52. The van der Waals surface area contributed by atoms with E-state index in [4.69, 9.17) is 5.11 Å². The maximum atomic E-state index is 12.2. The Hall–Kier alpha value is -1.47. The topological polar surface area (TPSA) is 60.9 Å². The Balaban J connectivity index is 2.61. The summed E-state index contributed by atoms with van der Waals surface area (Å²) in [5, 5.41) is 8.53. The van der Waals surface area contributed by atoms with E-state index in [9.17, 15) is 22.8 Å². The average Bonchev–Trinajstić information content (AvgIpc) is 2.96. The molecule has 0 saturated heterocycles. The largest absolute Gasteiger partial charge is 0.480 e. The highest BCUT2D eigenvalue weighted by atomic mass is 19.4. The van der Waals surface area contributed by atoms with Crippen molar-refractivity contribution in [3.05, 3.63) is 0 Å². The molecule has 0 radical (unpaired) electrons. The molecule has 0 atom stereocenters. The summed E-state index contributed by atoms with van der Waals surface area (Å²) in [4.78, 5) is 23.6. The van der Waals surface area contributed by atoms with Crippen LogP contribution in [0.15, 0.2) is 0 Å². The van der Waals surface area contributed by atoms with E-state index in [1.807, 2.05) is 0 Å². The van der Waals surface area contributed by atoms with Crippen molar-refractivity contribution in [1.82, 2.24) is 9.80 Å². The molecule has 0 bridgehead atoms. The number of alkyl halides is 3. The van der Waals surface area contributed by atoms with E-state index in [1.165, 1.54) is 7.05 Å². The number of rotatable bonds is 5. The van der Waals surface area contributed by atoms with E-state index < -0.39 is 31.3 Å². The second-order valence-electron chi connectivity index (χ2n) is 4.47. The van der Waals surface area contributed by atoms with E-state index in [0.29, 0.717) is 17.4 Å². The molecule has 0 aliphatic heterocycles. The van der Waals surface area contributed by atoms with Crippen LogP contribution in [0.4, 0.5) is 18.0 Å². The molecule has 1 aliphatic carbocycles. The number of carbonyl (C=O) groups is 2. The van der Waals surface area contributed by atoms with Crippen molar-refractivity contribution in [2.45, 2.75) is 19.0 Å². The molecule has 0 aromatic heterocycles. The number of hydrogen-bond donors (Lipinski definition) is 1. The van der Waals surface area contributed by atoms with Crippen molar-refractivity contribution in [2.75, 3.05) is 26.7 Å². The Morgan fingerprint density at radius 1 is 1.33 bits per heavy atom. The van der Waals surface area contributed by atoms with Gasteiger partial charge in [0.2, 0.25) is 0 Å². The lowest BCUT2D eigenvalue weighted by atomic mass is 10.4. The minimum atomic E-state index is -4.61. The van der Waals surface area contributed by atoms with Gasteiger partial charge in [0.1, 0.15) is 13.1 Å². The van der Waals surface area contributed by atoms with Crippen LogP contribution in [-0.4, -0.2) is 59.8 Å². The van der Waals surface area contributed by atoms with Gasteiger partial charge >= 0.3 is 18.2 Å². The fraction of sp³-hybridized carbons (Fsp3) is 0.800. The Bertz CT molecular complexity index is 329. The van der Waals surface area contributed by atoms with Crippen molar-refractivity contribution in [1.29, 1.82) is 0 Å². The monoisotopic (exact) mass is 268 g/mol. The Kier molecular flexibility index (Phi) is 4.42. The summed E-state index contributed by atoms with van der Waals surface area (Å²) in [6, 6.07) is -0.901. The Labute approximate surface area is 102 Å². The van der Waals surface area contributed by atoms with Crippen LogP contribution in [-0.2, 0) is 4.79 Å². The summed E-state index contributed by atoms with van der Waals surface area (Å²) in [6.07, 6.45) is -2.70. The molecule has 5 nitrogen and oxygen atoms in total. The van der Waals surface area contributed by atoms with Gasteiger partial charge < -0.3 is 14.9 Å². The second kappa shape index (κ2) is 5.45. The highest BCUT2D eigenvalue weighted by Crippen LogP contribution is 2.29. The van der Waals surface area contributed by atoms with Gasteiger partial charge in [0.15, 0.2) is 0 Å².